The lowest BCUT2D eigenvalue weighted by Gasteiger charge is -2.29. The van der Waals surface area contributed by atoms with E-state index in [4.69, 9.17) is 8.83 Å². The standard InChI is InChI=1S/C134H86N4O2/c1-2-32-87(33-3-1)103-43-4-5-46-108(103)110-48-10-19-61-124(110)136(102-42-29-37-94(85-102)92-35-27-39-96(83-92)105-45-9-18-60-123(105)138-127-64-22-13-51-113(127)114-52-14-23-65-128(114)138)100-78-70-89(71-79-100)107-80-81-118(132-120-55-16-25-67-130(120)140-134(107)132)117-57-30-40-97-86-121(109-47-6-7-54-116(109)131(97)117)90-72-76-99(77-73-90)135(98-74-68-88(69-75-98)106-56-31-58-119-115-53-15-24-66-129(115)139-133(106)119)101-41-28-36-93(84-101)91-34-26-38-95(82-91)104-44-8-17-59-122(104)137-125-62-20-11-49-111(125)112-50-12-21-63-126(112)137/h1-86H. The lowest BCUT2D eigenvalue weighted by Crippen LogP contribution is -2.11. The number of fused-ring (bicyclic) bond motifs is 15. The fourth-order valence-corrected chi connectivity index (χ4v) is 22.2. The molecule has 0 aliphatic rings. The van der Waals surface area contributed by atoms with Crippen molar-refractivity contribution in [3.05, 3.63) is 522 Å². The minimum absolute atomic E-state index is 0.833. The Morgan fingerprint density at radius 2 is 0.507 bits per heavy atom. The molecule has 0 unspecified atom stereocenters. The van der Waals surface area contributed by atoms with Gasteiger partial charge in [0.15, 0.2) is 0 Å². The van der Waals surface area contributed by atoms with Crippen LogP contribution >= 0.6 is 0 Å². The molecule has 0 amide bonds. The van der Waals surface area contributed by atoms with Gasteiger partial charge in [0.1, 0.15) is 22.3 Å². The summed E-state index contributed by atoms with van der Waals surface area (Å²) in [5.74, 6) is 0. The molecule has 27 rings (SSSR count). The van der Waals surface area contributed by atoms with Gasteiger partial charge in [0.25, 0.3) is 0 Å². The number of para-hydroxylation sites is 10. The van der Waals surface area contributed by atoms with Gasteiger partial charge in [-0.05, 0) is 245 Å². The van der Waals surface area contributed by atoms with Crippen molar-refractivity contribution in [2.45, 2.75) is 0 Å². The van der Waals surface area contributed by atoms with Crippen molar-refractivity contribution in [3.8, 4) is 123 Å². The summed E-state index contributed by atoms with van der Waals surface area (Å²) < 4.78 is 18.7. The summed E-state index contributed by atoms with van der Waals surface area (Å²) in [6.45, 7) is 0. The number of benzene rings is 23. The van der Waals surface area contributed by atoms with E-state index in [1.54, 1.807) is 0 Å². The van der Waals surface area contributed by atoms with Gasteiger partial charge in [0, 0.05) is 99.3 Å². The molecular weight excluding hydrogens is 1700 g/mol. The molecule has 0 atom stereocenters. The molecule has 0 radical (unpaired) electrons. The van der Waals surface area contributed by atoms with Gasteiger partial charge < -0.3 is 27.8 Å². The van der Waals surface area contributed by atoms with Crippen molar-refractivity contribution in [3.63, 3.8) is 0 Å². The first-order valence-corrected chi connectivity index (χ1v) is 48.0. The Hall–Kier alpha value is -18.6. The molecule has 0 aliphatic carbocycles. The third kappa shape index (κ3) is 13.7. The minimum atomic E-state index is 0.833. The second kappa shape index (κ2) is 33.8. The van der Waals surface area contributed by atoms with E-state index >= 15 is 0 Å². The van der Waals surface area contributed by atoms with Crippen molar-refractivity contribution < 1.29 is 8.83 Å². The van der Waals surface area contributed by atoms with Gasteiger partial charge in [0.05, 0.1) is 39.1 Å². The highest BCUT2D eigenvalue weighted by atomic mass is 16.3. The molecule has 0 saturated carbocycles. The van der Waals surface area contributed by atoms with Gasteiger partial charge in [-0.3, -0.25) is 0 Å². The summed E-state index contributed by atoms with van der Waals surface area (Å²) in [5.41, 5.74) is 38.8. The summed E-state index contributed by atoms with van der Waals surface area (Å²) in [7, 11) is 0. The minimum Gasteiger partial charge on any atom is -0.455 e. The van der Waals surface area contributed by atoms with Crippen LogP contribution < -0.4 is 9.80 Å². The Morgan fingerprint density at radius 3 is 1.08 bits per heavy atom. The zero-order valence-electron chi connectivity index (χ0n) is 76.3. The fraction of sp³-hybridized carbons (Fsp3) is 0. The molecule has 27 aromatic rings. The van der Waals surface area contributed by atoms with Crippen LogP contribution in [0.1, 0.15) is 0 Å². The van der Waals surface area contributed by atoms with Crippen LogP contribution in [0.2, 0.25) is 0 Å². The van der Waals surface area contributed by atoms with E-state index in [2.05, 4.69) is 535 Å². The smallest absolute Gasteiger partial charge is 0.143 e. The fourth-order valence-electron chi connectivity index (χ4n) is 22.2. The van der Waals surface area contributed by atoms with Crippen LogP contribution in [0.25, 0.3) is 232 Å². The molecule has 6 heteroatoms. The van der Waals surface area contributed by atoms with Crippen molar-refractivity contribution in [1.82, 2.24) is 9.13 Å². The first-order chi connectivity index (χ1) is 69.5. The van der Waals surface area contributed by atoms with Crippen LogP contribution in [-0.2, 0) is 0 Å². The number of aromatic nitrogens is 2. The second-order valence-corrected chi connectivity index (χ2v) is 36.4. The lowest BCUT2D eigenvalue weighted by molar-refractivity contribution is 0.669. The molecule has 0 N–H and O–H groups in total. The zero-order chi connectivity index (χ0) is 92.2. The second-order valence-electron chi connectivity index (χ2n) is 36.4. The number of furan rings is 2. The Labute approximate surface area is 809 Å². The van der Waals surface area contributed by atoms with Gasteiger partial charge in [-0.15, -0.1) is 0 Å². The molecule has 140 heavy (non-hydrogen) atoms. The first kappa shape index (κ1) is 81.0. The molecular formula is C134H86N4O2. The summed E-state index contributed by atoms with van der Waals surface area (Å²) in [6, 6.07) is 191. The highest BCUT2D eigenvalue weighted by Gasteiger charge is 2.27. The summed E-state index contributed by atoms with van der Waals surface area (Å²) in [4.78, 5) is 4.83. The monoisotopic (exact) mass is 1780 g/mol. The third-order valence-corrected chi connectivity index (χ3v) is 28.5. The maximum atomic E-state index is 7.25. The van der Waals surface area contributed by atoms with E-state index in [0.717, 1.165) is 211 Å². The molecule has 4 heterocycles. The lowest BCUT2D eigenvalue weighted by atomic mass is 9.87. The number of anilines is 6. The maximum Gasteiger partial charge on any atom is 0.143 e. The Balaban J connectivity index is 0.547. The Kier molecular flexibility index (Phi) is 19.5. The molecule has 0 bridgehead atoms. The van der Waals surface area contributed by atoms with E-state index in [-0.39, 0.29) is 0 Å². The van der Waals surface area contributed by atoms with E-state index in [1.807, 2.05) is 6.07 Å². The van der Waals surface area contributed by atoms with Gasteiger partial charge in [-0.1, -0.05) is 382 Å². The van der Waals surface area contributed by atoms with Crippen molar-refractivity contribution in [2.24, 2.45) is 0 Å². The van der Waals surface area contributed by atoms with E-state index in [0.29, 0.717) is 0 Å². The van der Waals surface area contributed by atoms with Crippen LogP contribution in [0.4, 0.5) is 34.1 Å². The number of nitrogens with zero attached hydrogens (tertiary/aromatic N) is 4. The zero-order valence-corrected chi connectivity index (χ0v) is 76.3. The molecule has 0 aliphatic heterocycles. The normalized spacial score (nSPS) is 11.7. The molecule has 23 aromatic carbocycles. The predicted octanol–water partition coefficient (Wildman–Crippen LogP) is 37.6. The molecule has 0 fully saturated rings. The summed E-state index contributed by atoms with van der Waals surface area (Å²) >= 11 is 0. The average molecular weight is 1780 g/mol. The number of hydrogen-bond acceptors (Lipinski definition) is 4. The van der Waals surface area contributed by atoms with E-state index in [1.165, 1.54) is 54.4 Å². The molecule has 654 valence electrons. The SMILES string of the molecule is c1ccc(-c2ccccc2-c2ccccc2N(c2ccc(-c3ccc(-c4cccc5cc(-c6ccc(N(c7ccc(-c8cccc9c8oc8ccccc89)cc7)c7cccc(-c8cccc(-c9ccccc9-n9c%10ccccc%10c%10ccccc%109)c8)c7)cc6)c6ccccc6c45)c4c3oc3ccccc34)cc2)c2cccc(-c3cccc(-c4ccccc4-n4c5ccccc5c5ccccc54)c3)c2)cc1. The van der Waals surface area contributed by atoms with Crippen LogP contribution in [0.5, 0.6) is 0 Å². The largest absolute Gasteiger partial charge is 0.455 e. The predicted molar refractivity (Wildman–Crippen MR) is 588 cm³/mol. The van der Waals surface area contributed by atoms with E-state index in [9.17, 15) is 0 Å². The van der Waals surface area contributed by atoms with Crippen molar-refractivity contribution >= 4 is 143 Å². The first-order valence-electron chi connectivity index (χ1n) is 48.0. The Morgan fingerprint density at radius 1 is 0.157 bits per heavy atom. The van der Waals surface area contributed by atoms with Crippen molar-refractivity contribution in [1.29, 1.82) is 0 Å². The van der Waals surface area contributed by atoms with Crippen molar-refractivity contribution in [2.75, 3.05) is 9.80 Å². The van der Waals surface area contributed by atoms with Crippen LogP contribution in [0.15, 0.2) is 531 Å². The number of hydrogen-bond donors (Lipinski definition) is 0. The quantitative estimate of drug-likeness (QED) is 0.0803. The highest BCUT2D eigenvalue weighted by Crippen LogP contribution is 2.52. The van der Waals surface area contributed by atoms with Crippen LogP contribution in [0, 0.1) is 0 Å². The topological polar surface area (TPSA) is 42.6 Å². The van der Waals surface area contributed by atoms with Gasteiger partial charge in [-0.25, -0.2) is 0 Å². The van der Waals surface area contributed by atoms with E-state index < -0.39 is 0 Å². The molecule has 6 nitrogen and oxygen atoms in total. The number of rotatable bonds is 18. The summed E-state index contributed by atoms with van der Waals surface area (Å²) in [5, 5.41) is 13.9. The molecule has 4 aromatic heterocycles. The van der Waals surface area contributed by atoms with Gasteiger partial charge in [-0.2, -0.15) is 0 Å². The van der Waals surface area contributed by atoms with Gasteiger partial charge >= 0.3 is 0 Å². The van der Waals surface area contributed by atoms with Crippen LogP contribution in [-0.4, -0.2) is 9.13 Å². The molecule has 0 saturated heterocycles. The average Bonchev–Trinajstić information content (AvgIpc) is 1.52. The summed E-state index contributed by atoms with van der Waals surface area (Å²) in [6.07, 6.45) is 0. The third-order valence-electron chi connectivity index (χ3n) is 28.5. The molecule has 0 spiro atoms. The maximum absolute atomic E-state index is 7.25. The highest BCUT2D eigenvalue weighted by molar-refractivity contribution is 6.24. The Bertz CT molecular complexity index is 9480. The van der Waals surface area contributed by atoms with Crippen LogP contribution in [0.3, 0.4) is 0 Å². The van der Waals surface area contributed by atoms with Gasteiger partial charge in [0.2, 0.25) is 0 Å².